The lowest BCUT2D eigenvalue weighted by Crippen LogP contribution is -2.31. The normalized spacial score (nSPS) is 19.4. The van der Waals surface area contributed by atoms with Crippen LogP contribution in [0.2, 0.25) is 0 Å². The lowest BCUT2D eigenvalue weighted by Gasteiger charge is -2.17. The maximum atomic E-state index is 12.0. The summed E-state index contributed by atoms with van der Waals surface area (Å²) in [4.78, 5) is 23.6. The van der Waals surface area contributed by atoms with Gasteiger partial charge < -0.3 is 4.74 Å². The topological polar surface area (TPSA) is 43.4 Å². The number of Topliss-reactive ketones (excluding diaryl/α,β-unsaturated/α-hetero) is 1. The first-order valence-corrected chi connectivity index (χ1v) is 5.76. The molecule has 86 valence electrons. The summed E-state index contributed by atoms with van der Waals surface area (Å²) in [6.07, 6.45) is 3.30. The van der Waals surface area contributed by atoms with Gasteiger partial charge in [-0.3, -0.25) is 9.59 Å². The number of hydrogen-bond acceptors (Lipinski definition) is 3. The third-order valence-corrected chi connectivity index (χ3v) is 3.06. The van der Waals surface area contributed by atoms with Crippen molar-refractivity contribution in [3.8, 4) is 0 Å². The minimum Gasteiger partial charge on any atom is -0.465 e. The van der Waals surface area contributed by atoms with Gasteiger partial charge in [0.15, 0.2) is 5.78 Å². The monoisotopic (exact) mass is 212 g/mol. The summed E-state index contributed by atoms with van der Waals surface area (Å²) in [5.74, 6) is -0.775. The average molecular weight is 212 g/mol. The smallest absolute Gasteiger partial charge is 0.316 e. The van der Waals surface area contributed by atoms with Crippen molar-refractivity contribution in [3.63, 3.8) is 0 Å². The first-order valence-electron chi connectivity index (χ1n) is 5.76. The van der Waals surface area contributed by atoms with Crippen LogP contribution < -0.4 is 0 Å². The van der Waals surface area contributed by atoms with E-state index in [2.05, 4.69) is 0 Å². The molecular weight excluding hydrogens is 192 g/mol. The number of carbonyl (C=O) groups excluding carboxylic acids is 2. The Balaban J connectivity index is 2.64. The summed E-state index contributed by atoms with van der Waals surface area (Å²) in [5.41, 5.74) is -0.230. The third kappa shape index (κ3) is 2.80. The van der Waals surface area contributed by atoms with Crippen LogP contribution in [0.1, 0.15) is 46.5 Å². The summed E-state index contributed by atoms with van der Waals surface area (Å²) < 4.78 is 4.94. The molecule has 0 aromatic rings. The molecule has 0 aromatic heterocycles. The van der Waals surface area contributed by atoms with Gasteiger partial charge in [0.2, 0.25) is 0 Å². The van der Waals surface area contributed by atoms with Gasteiger partial charge in [0.25, 0.3) is 0 Å². The highest BCUT2D eigenvalue weighted by atomic mass is 16.5. The molecule has 0 aromatic carbocycles. The molecule has 1 aliphatic carbocycles. The highest BCUT2D eigenvalue weighted by Gasteiger charge is 2.49. The van der Waals surface area contributed by atoms with Gasteiger partial charge in [0, 0.05) is 5.41 Å². The van der Waals surface area contributed by atoms with Gasteiger partial charge in [-0.05, 0) is 26.2 Å². The summed E-state index contributed by atoms with van der Waals surface area (Å²) in [6, 6.07) is 0. The molecule has 0 amide bonds. The third-order valence-electron chi connectivity index (χ3n) is 3.06. The van der Waals surface area contributed by atoms with Crippen LogP contribution in [-0.2, 0) is 14.3 Å². The van der Waals surface area contributed by atoms with E-state index in [-0.39, 0.29) is 17.2 Å². The highest BCUT2D eigenvalue weighted by molar-refractivity contribution is 6.03. The Hall–Kier alpha value is -0.860. The zero-order valence-electron chi connectivity index (χ0n) is 9.84. The molecule has 0 spiro atoms. The second-order valence-electron chi connectivity index (χ2n) is 4.52. The van der Waals surface area contributed by atoms with E-state index >= 15 is 0 Å². The molecule has 3 nitrogen and oxygen atoms in total. The van der Waals surface area contributed by atoms with E-state index in [1.54, 1.807) is 6.92 Å². The number of hydrogen-bond donors (Lipinski definition) is 0. The van der Waals surface area contributed by atoms with Crippen molar-refractivity contribution >= 4 is 11.8 Å². The Morgan fingerprint density at radius 1 is 1.33 bits per heavy atom. The molecule has 0 saturated heterocycles. The quantitative estimate of drug-likeness (QED) is 0.501. The van der Waals surface area contributed by atoms with E-state index < -0.39 is 5.92 Å². The lowest BCUT2D eigenvalue weighted by molar-refractivity contribution is -0.153. The molecule has 0 heterocycles. The SMILES string of the molecule is CCCC(C(=O)OCC)C(=O)C1(C)CC1. The van der Waals surface area contributed by atoms with Crippen LogP contribution >= 0.6 is 0 Å². The van der Waals surface area contributed by atoms with E-state index in [1.165, 1.54) is 0 Å². The molecule has 1 rings (SSSR count). The fraction of sp³-hybridized carbons (Fsp3) is 0.833. The van der Waals surface area contributed by atoms with Crippen LogP contribution in [-0.4, -0.2) is 18.4 Å². The fourth-order valence-electron chi connectivity index (χ4n) is 1.74. The zero-order chi connectivity index (χ0) is 11.5. The van der Waals surface area contributed by atoms with Gasteiger partial charge in [0.05, 0.1) is 6.61 Å². The van der Waals surface area contributed by atoms with Crippen molar-refractivity contribution in [2.75, 3.05) is 6.61 Å². The Kier molecular flexibility index (Phi) is 3.89. The van der Waals surface area contributed by atoms with E-state index in [1.807, 2.05) is 13.8 Å². The van der Waals surface area contributed by atoms with E-state index in [4.69, 9.17) is 4.74 Å². The molecule has 0 bridgehead atoms. The Morgan fingerprint density at radius 3 is 2.33 bits per heavy atom. The van der Waals surface area contributed by atoms with Crippen molar-refractivity contribution < 1.29 is 14.3 Å². The standard InChI is InChI=1S/C12H20O3/c1-4-6-9(11(14)15-5-2)10(13)12(3)7-8-12/h9H,4-8H2,1-3H3. The predicted octanol–water partition coefficient (Wildman–Crippen LogP) is 2.33. The molecule has 15 heavy (non-hydrogen) atoms. The molecule has 1 unspecified atom stereocenters. The molecule has 1 saturated carbocycles. The largest absolute Gasteiger partial charge is 0.465 e. The van der Waals surface area contributed by atoms with Crippen LogP contribution in [0.5, 0.6) is 0 Å². The minimum absolute atomic E-state index is 0.0859. The maximum Gasteiger partial charge on any atom is 0.316 e. The second kappa shape index (κ2) is 4.77. The van der Waals surface area contributed by atoms with Crippen molar-refractivity contribution in [1.82, 2.24) is 0 Å². The Morgan fingerprint density at radius 2 is 1.93 bits per heavy atom. The van der Waals surface area contributed by atoms with Gasteiger partial charge in [0.1, 0.15) is 5.92 Å². The van der Waals surface area contributed by atoms with E-state index in [9.17, 15) is 9.59 Å². The number of esters is 1. The van der Waals surface area contributed by atoms with Gasteiger partial charge in [-0.1, -0.05) is 20.3 Å². The summed E-state index contributed by atoms with van der Waals surface area (Å²) in [5, 5.41) is 0. The van der Waals surface area contributed by atoms with Crippen LogP contribution in [0.25, 0.3) is 0 Å². The van der Waals surface area contributed by atoms with E-state index in [0.717, 1.165) is 19.3 Å². The van der Waals surface area contributed by atoms with Crippen LogP contribution in [0, 0.1) is 11.3 Å². The summed E-state index contributed by atoms with van der Waals surface area (Å²) in [7, 11) is 0. The van der Waals surface area contributed by atoms with E-state index in [0.29, 0.717) is 13.0 Å². The maximum absolute atomic E-state index is 12.0. The van der Waals surface area contributed by atoms with Crippen molar-refractivity contribution in [2.45, 2.75) is 46.5 Å². The first kappa shape index (κ1) is 12.2. The minimum atomic E-state index is -0.526. The number of rotatable bonds is 6. The molecule has 1 aliphatic rings. The van der Waals surface area contributed by atoms with Crippen LogP contribution in [0.15, 0.2) is 0 Å². The second-order valence-corrected chi connectivity index (χ2v) is 4.52. The van der Waals surface area contributed by atoms with Gasteiger partial charge in [-0.2, -0.15) is 0 Å². The van der Waals surface area contributed by atoms with Gasteiger partial charge >= 0.3 is 5.97 Å². The van der Waals surface area contributed by atoms with Gasteiger partial charge in [-0.25, -0.2) is 0 Å². The average Bonchev–Trinajstić information content (AvgIpc) is 2.93. The molecule has 0 N–H and O–H groups in total. The molecule has 1 fully saturated rings. The molecule has 0 aliphatic heterocycles. The Labute approximate surface area is 91.2 Å². The fourth-order valence-corrected chi connectivity index (χ4v) is 1.74. The van der Waals surface area contributed by atoms with Crippen molar-refractivity contribution in [1.29, 1.82) is 0 Å². The zero-order valence-corrected chi connectivity index (χ0v) is 9.84. The molecular formula is C12H20O3. The lowest BCUT2D eigenvalue weighted by atomic mass is 9.88. The number of ether oxygens (including phenoxy) is 1. The van der Waals surface area contributed by atoms with Crippen molar-refractivity contribution in [3.05, 3.63) is 0 Å². The van der Waals surface area contributed by atoms with Crippen LogP contribution in [0.4, 0.5) is 0 Å². The first-order chi connectivity index (χ1) is 7.05. The summed E-state index contributed by atoms with van der Waals surface area (Å²) in [6.45, 7) is 6.04. The number of carbonyl (C=O) groups is 2. The highest BCUT2D eigenvalue weighted by Crippen LogP contribution is 2.48. The van der Waals surface area contributed by atoms with Crippen LogP contribution in [0.3, 0.4) is 0 Å². The van der Waals surface area contributed by atoms with Gasteiger partial charge in [-0.15, -0.1) is 0 Å². The van der Waals surface area contributed by atoms with Crippen molar-refractivity contribution in [2.24, 2.45) is 11.3 Å². The molecule has 0 radical (unpaired) electrons. The Bertz CT molecular complexity index is 254. The number of ketones is 1. The molecule has 3 heteroatoms. The summed E-state index contributed by atoms with van der Waals surface area (Å²) >= 11 is 0. The molecule has 1 atom stereocenters. The predicted molar refractivity (Wildman–Crippen MR) is 57.4 cm³/mol.